The molecule has 0 bridgehead atoms. The largest absolute Gasteiger partial charge is 0.387 e. The van der Waals surface area contributed by atoms with Crippen molar-refractivity contribution < 1.29 is 5.11 Å². The number of aliphatic hydroxyl groups excluding tert-OH is 1. The SMILES string of the molecule is CC(C)n1ncnc1CC(O)c1cc2c(s1)CCSC2. The van der Waals surface area contributed by atoms with Crippen molar-refractivity contribution in [2.45, 2.75) is 44.6 Å². The average Bonchev–Trinajstić information content (AvgIpc) is 3.03. The minimum atomic E-state index is -0.475. The number of fused-ring (bicyclic) bond motifs is 1. The van der Waals surface area contributed by atoms with E-state index < -0.39 is 6.10 Å². The molecule has 1 aliphatic heterocycles. The Morgan fingerprint density at radius 1 is 1.45 bits per heavy atom. The van der Waals surface area contributed by atoms with Crippen molar-refractivity contribution >= 4 is 23.1 Å². The highest BCUT2D eigenvalue weighted by molar-refractivity contribution is 7.98. The van der Waals surface area contributed by atoms with Gasteiger partial charge < -0.3 is 5.11 Å². The molecule has 0 amide bonds. The Bertz CT molecular complexity index is 568. The molecular weight excluding hydrogens is 290 g/mol. The zero-order chi connectivity index (χ0) is 14.1. The van der Waals surface area contributed by atoms with Gasteiger partial charge in [-0.3, -0.25) is 0 Å². The van der Waals surface area contributed by atoms with Crippen molar-refractivity contribution in [2.75, 3.05) is 5.75 Å². The zero-order valence-corrected chi connectivity index (χ0v) is 13.4. The molecule has 0 saturated carbocycles. The molecule has 1 N–H and O–H groups in total. The van der Waals surface area contributed by atoms with Gasteiger partial charge >= 0.3 is 0 Å². The van der Waals surface area contributed by atoms with E-state index in [0.717, 1.165) is 22.9 Å². The highest BCUT2D eigenvalue weighted by Crippen LogP contribution is 2.35. The van der Waals surface area contributed by atoms with Crippen LogP contribution < -0.4 is 0 Å². The minimum Gasteiger partial charge on any atom is -0.387 e. The second kappa shape index (κ2) is 5.87. The molecule has 1 atom stereocenters. The first-order valence-electron chi connectivity index (χ1n) is 6.91. The number of rotatable bonds is 4. The van der Waals surface area contributed by atoms with E-state index in [1.54, 1.807) is 17.7 Å². The summed E-state index contributed by atoms with van der Waals surface area (Å²) < 4.78 is 1.88. The van der Waals surface area contributed by atoms with E-state index in [-0.39, 0.29) is 6.04 Å². The zero-order valence-electron chi connectivity index (χ0n) is 11.7. The molecule has 0 spiro atoms. The predicted molar refractivity (Wildman–Crippen MR) is 83.3 cm³/mol. The molecule has 0 fully saturated rings. The van der Waals surface area contributed by atoms with E-state index in [4.69, 9.17) is 0 Å². The Balaban J connectivity index is 1.77. The van der Waals surface area contributed by atoms with Crippen LogP contribution in [0.5, 0.6) is 0 Å². The van der Waals surface area contributed by atoms with Gasteiger partial charge in [0.05, 0.1) is 6.10 Å². The second-order valence-electron chi connectivity index (χ2n) is 5.33. The Hall–Kier alpha value is -0.850. The van der Waals surface area contributed by atoms with Gasteiger partial charge in [0.1, 0.15) is 12.2 Å². The van der Waals surface area contributed by atoms with Gasteiger partial charge in [0.25, 0.3) is 0 Å². The number of nitrogens with zero attached hydrogens (tertiary/aromatic N) is 3. The van der Waals surface area contributed by atoms with Crippen molar-refractivity contribution in [3.05, 3.63) is 33.5 Å². The van der Waals surface area contributed by atoms with Crippen LogP contribution in [-0.2, 0) is 18.6 Å². The summed E-state index contributed by atoms with van der Waals surface area (Å²) in [6.45, 7) is 4.15. The lowest BCUT2D eigenvalue weighted by atomic mass is 10.1. The molecule has 0 aliphatic carbocycles. The van der Waals surface area contributed by atoms with Gasteiger partial charge in [-0.2, -0.15) is 16.9 Å². The van der Waals surface area contributed by atoms with Gasteiger partial charge in [-0.25, -0.2) is 9.67 Å². The van der Waals surface area contributed by atoms with E-state index in [9.17, 15) is 5.11 Å². The molecule has 1 aliphatic rings. The maximum atomic E-state index is 10.5. The normalized spacial score (nSPS) is 16.4. The molecule has 0 aromatic carbocycles. The lowest BCUT2D eigenvalue weighted by Crippen LogP contribution is -2.11. The van der Waals surface area contributed by atoms with Crippen LogP contribution in [0, 0.1) is 0 Å². The summed E-state index contributed by atoms with van der Waals surface area (Å²) in [5, 5.41) is 14.7. The fraction of sp³-hybridized carbons (Fsp3) is 0.571. The van der Waals surface area contributed by atoms with Crippen LogP contribution in [0.2, 0.25) is 0 Å². The van der Waals surface area contributed by atoms with Gasteiger partial charge in [0, 0.05) is 28.0 Å². The smallest absolute Gasteiger partial charge is 0.138 e. The molecule has 108 valence electrons. The summed E-state index contributed by atoms with van der Waals surface area (Å²) >= 11 is 3.73. The number of hydrogen-bond donors (Lipinski definition) is 1. The van der Waals surface area contributed by atoms with Gasteiger partial charge in [0.2, 0.25) is 0 Å². The van der Waals surface area contributed by atoms with Crippen molar-refractivity contribution in [1.29, 1.82) is 0 Å². The minimum absolute atomic E-state index is 0.271. The summed E-state index contributed by atoms with van der Waals surface area (Å²) in [5.41, 5.74) is 1.41. The van der Waals surface area contributed by atoms with E-state index in [0.29, 0.717) is 6.42 Å². The average molecular weight is 309 g/mol. The van der Waals surface area contributed by atoms with Crippen molar-refractivity contribution in [1.82, 2.24) is 14.8 Å². The molecule has 3 rings (SSSR count). The van der Waals surface area contributed by atoms with Crippen LogP contribution in [0.1, 0.15) is 47.1 Å². The monoisotopic (exact) mass is 309 g/mol. The molecule has 1 unspecified atom stereocenters. The van der Waals surface area contributed by atoms with E-state index in [2.05, 4.69) is 30.0 Å². The quantitative estimate of drug-likeness (QED) is 0.943. The number of hydrogen-bond acceptors (Lipinski definition) is 5. The summed E-state index contributed by atoms with van der Waals surface area (Å²) in [4.78, 5) is 6.79. The van der Waals surface area contributed by atoms with Crippen LogP contribution in [0.4, 0.5) is 0 Å². The summed E-state index contributed by atoms with van der Waals surface area (Å²) in [6, 6.07) is 2.44. The molecule has 4 nitrogen and oxygen atoms in total. The van der Waals surface area contributed by atoms with Crippen molar-refractivity contribution in [3.8, 4) is 0 Å². The molecule has 20 heavy (non-hydrogen) atoms. The number of aromatic nitrogens is 3. The Morgan fingerprint density at radius 3 is 3.05 bits per heavy atom. The Kier molecular flexibility index (Phi) is 4.14. The lowest BCUT2D eigenvalue weighted by Gasteiger charge is -2.12. The van der Waals surface area contributed by atoms with Crippen LogP contribution in [-0.4, -0.2) is 25.6 Å². The molecule has 0 radical (unpaired) electrons. The summed E-state index contributed by atoms with van der Waals surface area (Å²) in [5.74, 6) is 3.14. The van der Waals surface area contributed by atoms with Crippen LogP contribution >= 0.6 is 23.1 Å². The van der Waals surface area contributed by atoms with Crippen LogP contribution in [0.15, 0.2) is 12.4 Å². The third-order valence-corrected chi connectivity index (χ3v) is 5.83. The highest BCUT2D eigenvalue weighted by atomic mass is 32.2. The standard InChI is InChI=1S/C14H19N3OS2/c1-9(2)17-14(15-8-16-17)6-11(18)13-5-10-7-19-4-3-12(10)20-13/h5,8-9,11,18H,3-4,6-7H2,1-2H3. The Morgan fingerprint density at radius 2 is 2.30 bits per heavy atom. The van der Waals surface area contributed by atoms with Gasteiger partial charge in [-0.1, -0.05) is 0 Å². The molecule has 0 saturated heterocycles. The maximum absolute atomic E-state index is 10.5. The fourth-order valence-corrected chi connectivity index (χ4v) is 4.82. The number of thiophene rings is 1. The highest BCUT2D eigenvalue weighted by Gasteiger charge is 2.20. The third-order valence-electron chi connectivity index (χ3n) is 3.49. The summed E-state index contributed by atoms with van der Waals surface area (Å²) in [6.07, 6.45) is 2.76. The topological polar surface area (TPSA) is 50.9 Å². The summed E-state index contributed by atoms with van der Waals surface area (Å²) in [7, 11) is 0. The van der Waals surface area contributed by atoms with Gasteiger partial charge in [-0.15, -0.1) is 11.3 Å². The molecular formula is C14H19N3OS2. The van der Waals surface area contributed by atoms with Crippen LogP contribution in [0.25, 0.3) is 0 Å². The van der Waals surface area contributed by atoms with E-state index >= 15 is 0 Å². The molecule has 2 aromatic heterocycles. The van der Waals surface area contributed by atoms with Gasteiger partial charge in [-0.05, 0) is 37.7 Å². The maximum Gasteiger partial charge on any atom is 0.138 e. The molecule has 3 heterocycles. The molecule has 2 aromatic rings. The third kappa shape index (κ3) is 2.77. The molecule has 6 heteroatoms. The second-order valence-corrected chi connectivity index (χ2v) is 7.61. The van der Waals surface area contributed by atoms with E-state index in [1.807, 2.05) is 16.4 Å². The number of aryl methyl sites for hydroxylation is 1. The number of aliphatic hydroxyl groups is 1. The first-order valence-corrected chi connectivity index (χ1v) is 8.88. The predicted octanol–water partition coefficient (Wildman–Crippen LogP) is 2.99. The van der Waals surface area contributed by atoms with Crippen molar-refractivity contribution in [2.24, 2.45) is 0 Å². The fourth-order valence-electron chi connectivity index (χ4n) is 2.46. The number of thioether (sulfide) groups is 1. The first-order chi connectivity index (χ1) is 9.65. The van der Waals surface area contributed by atoms with Crippen LogP contribution in [0.3, 0.4) is 0 Å². The first kappa shape index (κ1) is 14.1. The van der Waals surface area contributed by atoms with E-state index in [1.165, 1.54) is 16.2 Å². The Labute approximate surface area is 127 Å². The van der Waals surface area contributed by atoms with Crippen molar-refractivity contribution in [3.63, 3.8) is 0 Å². The van der Waals surface area contributed by atoms with Gasteiger partial charge in [0.15, 0.2) is 0 Å². The lowest BCUT2D eigenvalue weighted by molar-refractivity contribution is 0.177.